The van der Waals surface area contributed by atoms with Gasteiger partial charge in [-0.2, -0.15) is 0 Å². The number of halogens is 2. The second kappa shape index (κ2) is 8.09. The Kier molecular flexibility index (Phi) is 7.14. The van der Waals surface area contributed by atoms with Gasteiger partial charge in [-0.3, -0.25) is 0 Å². The van der Waals surface area contributed by atoms with Crippen LogP contribution in [0.4, 0.5) is 0 Å². The molecule has 0 bridgehead atoms. The van der Waals surface area contributed by atoms with E-state index in [2.05, 4.69) is 6.92 Å². The molecular weight excluding hydrogens is 290 g/mol. The van der Waals surface area contributed by atoms with Gasteiger partial charge in [0.1, 0.15) is 5.75 Å². The summed E-state index contributed by atoms with van der Waals surface area (Å²) in [5, 5.41) is 0. The fraction of sp³-hybridized carbons (Fsp3) is 0.538. The van der Waals surface area contributed by atoms with Gasteiger partial charge in [0.25, 0.3) is 0 Å². The molecule has 1 aromatic rings. The van der Waals surface area contributed by atoms with Crippen LogP contribution in [-0.4, -0.2) is 0 Å². The Labute approximate surface area is 119 Å². The number of aryl methyl sites for hydroxylation is 1. The van der Waals surface area contributed by atoms with E-state index in [-0.39, 0.29) is 0 Å². The van der Waals surface area contributed by atoms with Crippen LogP contribution in [0.2, 0.25) is 0 Å². The molecule has 0 atom stereocenters. The van der Waals surface area contributed by atoms with Gasteiger partial charge in [0.2, 0.25) is 0 Å². The summed E-state index contributed by atoms with van der Waals surface area (Å²) in [6, 6.07) is 7.46. The molecule has 0 spiro atoms. The summed E-state index contributed by atoms with van der Waals surface area (Å²) in [7, 11) is 0. The number of benzene rings is 1. The first kappa shape index (κ1) is 15.9. The number of unbranched alkanes of at least 4 members (excludes halogenated alkanes) is 4. The molecule has 0 unspecified atom stereocenters. The molecule has 0 saturated carbocycles. The van der Waals surface area contributed by atoms with Crippen molar-refractivity contribution in [3.05, 3.63) is 29.8 Å². The number of hydrogen-bond acceptors (Lipinski definition) is 2. The lowest BCUT2D eigenvalue weighted by Gasteiger charge is -2.11. The Balaban J connectivity index is 2.51. The predicted octanol–water partition coefficient (Wildman–Crippen LogP) is 6.16. The molecule has 0 aliphatic heterocycles. The smallest absolute Gasteiger partial charge is 0.422 e. The largest absolute Gasteiger partial charge is 0.428 e. The van der Waals surface area contributed by atoms with Gasteiger partial charge in [0.05, 0.1) is 0 Å². The number of rotatable bonds is 8. The molecule has 0 N–H and O–H groups in total. The lowest BCUT2D eigenvalue weighted by molar-refractivity contribution is 0.508. The molecule has 18 heavy (non-hydrogen) atoms. The van der Waals surface area contributed by atoms with Crippen LogP contribution in [-0.2, 0) is 11.0 Å². The van der Waals surface area contributed by atoms with E-state index in [9.17, 15) is 4.57 Å². The minimum atomic E-state index is -3.52. The Bertz CT molecular complexity index is 404. The van der Waals surface area contributed by atoms with Crippen molar-refractivity contribution in [2.75, 3.05) is 0 Å². The van der Waals surface area contributed by atoms with Crippen LogP contribution in [0, 0.1) is 0 Å². The molecule has 1 aromatic carbocycles. The average Bonchev–Trinajstić information content (AvgIpc) is 2.29. The molecule has 0 aliphatic rings. The zero-order chi connectivity index (χ0) is 13.4. The first-order valence-electron chi connectivity index (χ1n) is 6.30. The van der Waals surface area contributed by atoms with Crippen LogP contribution >= 0.6 is 28.6 Å². The summed E-state index contributed by atoms with van der Waals surface area (Å²) >= 11 is 10.9. The van der Waals surface area contributed by atoms with Gasteiger partial charge in [-0.15, -0.1) is 0 Å². The maximum atomic E-state index is 11.3. The van der Waals surface area contributed by atoms with E-state index in [0.717, 1.165) is 18.4 Å². The number of para-hydroxylation sites is 1. The summed E-state index contributed by atoms with van der Waals surface area (Å²) in [5.74, 6) is 0.529. The molecule has 0 heterocycles. The van der Waals surface area contributed by atoms with Crippen LogP contribution in [0.1, 0.15) is 44.6 Å². The Morgan fingerprint density at radius 2 is 1.78 bits per heavy atom. The third-order valence-corrected chi connectivity index (χ3v) is 3.55. The zero-order valence-electron chi connectivity index (χ0n) is 10.6. The lowest BCUT2D eigenvalue weighted by Crippen LogP contribution is -1.91. The van der Waals surface area contributed by atoms with E-state index < -0.39 is 6.07 Å². The van der Waals surface area contributed by atoms with Gasteiger partial charge >= 0.3 is 6.07 Å². The fourth-order valence-electron chi connectivity index (χ4n) is 1.83. The third kappa shape index (κ3) is 6.68. The highest BCUT2D eigenvalue weighted by Crippen LogP contribution is 2.57. The maximum absolute atomic E-state index is 11.3. The van der Waals surface area contributed by atoms with E-state index in [1.165, 1.54) is 25.7 Å². The highest BCUT2D eigenvalue weighted by molar-refractivity contribution is 8.05. The third-order valence-electron chi connectivity index (χ3n) is 2.73. The van der Waals surface area contributed by atoms with Crippen molar-refractivity contribution in [2.45, 2.75) is 45.4 Å². The quantitative estimate of drug-likeness (QED) is 0.424. The Morgan fingerprint density at radius 1 is 1.11 bits per heavy atom. The molecule has 0 aliphatic carbocycles. The molecule has 0 amide bonds. The van der Waals surface area contributed by atoms with Gasteiger partial charge in [0, 0.05) is 22.5 Å². The lowest BCUT2D eigenvalue weighted by atomic mass is 10.0. The summed E-state index contributed by atoms with van der Waals surface area (Å²) in [6.07, 6.45) is 3.43. The van der Waals surface area contributed by atoms with Gasteiger partial charge in [-0.25, -0.2) is 4.57 Å². The summed E-state index contributed by atoms with van der Waals surface area (Å²) in [5.41, 5.74) is 1.01. The maximum Gasteiger partial charge on any atom is 0.428 e. The average molecular weight is 309 g/mol. The van der Waals surface area contributed by atoms with Gasteiger partial charge in [-0.1, -0.05) is 50.8 Å². The van der Waals surface area contributed by atoms with Crippen LogP contribution in [0.25, 0.3) is 0 Å². The highest BCUT2D eigenvalue weighted by atomic mass is 35.9. The van der Waals surface area contributed by atoms with Crippen molar-refractivity contribution >= 4 is 28.6 Å². The molecule has 1 rings (SSSR count). The summed E-state index contributed by atoms with van der Waals surface area (Å²) in [4.78, 5) is 0. The second-order valence-corrected chi connectivity index (χ2v) is 8.48. The van der Waals surface area contributed by atoms with Crippen molar-refractivity contribution in [3.63, 3.8) is 0 Å². The standard InChI is InChI=1S/C13H19Cl2O2P/c1-2-3-4-5-6-9-12-10-7-8-11-13(12)17-18(14,15)16/h7-8,10-11H,2-6,9H2,1H3. The molecule has 5 heteroatoms. The normalized spacial score (nSPS) is 11.5. The zero-order valence-corrected chi connectivity index (χ0v) is 13.0. The highest BCUT2D eigenvalue weighted by Gasteiger charge is 2.17. The number of hydrogen-bond donors (Lipinski definition) is 0. The predicted molar refractivity (Wildman–Crippen MR) is 78.8 cm³/mol. The van der Waals surface area contributed by atoms with Gasteiger partial charge in [-0.05, 0) is 24.5 Å². The van der Waals surface area contributed by atoms with Crippen LogP contribution < -0.4 is 4.52 Å². The van der Waals surface area contributed by atoms with E-state index in [0.29, 0.717) is 5.75 Å². The minimum Gasteiger partial charge on any atom is -0.422 e. The van der Waals surface area contributed by atoms with Crippen molar-refractivity contribution in [2.24, 2.45) is 0 Å². The first-order valence-corrected chi connectivity index (χ1v) is 9.73. The topological polar surface area (TPSA) is 26.3 Å². The SMILES string of the molecule is CCCCCCCc1ccccc1OP(=O)(Cl)Cl. The van der Waals surface area contributed by atoms with E-state index in [4.69, 9.17) is 27.0 Å². The van der Waals surface area contributed by atoms with Crippen LogP contribution in [0.5, 0.6) is 5.75 Å². The molecule has 0 radical (unpaired) electrons. The molecule has 102 valence electrons. The molecule has 0 aromatic heterocycles. The van der Waals surface area contributed by atoms with Gasteiger partial charge in [0.15, 0.2) is 0 Å². The van der Waals surface area contributed by atoms with Crippen molar-refractivity contribution < 1.29 is 9.09 Å². The van der Waals surface area contributed by atoms with E-state index >= 15 is 0 Å². The first-order chi connectivity index (χ1) is 8.53. The molecule has 2 nitrogen and oxygen atoms in total. The minimum absolute atomic E-state index is 0.529. The monoisotopic (exact) mass is 308 g/mol. The van der Waals surface area contributed by atoms with Crippen LogP contribution in [0.15, 0.2) is 24.3 Å². The van der Waals surface area contributed by atoms with Crippen molar-refractivity contribution in [1.82, 2.24) is 0 Å². The fourth-order valence-corrected chi connectivity index (χ4v) is 2.69. The summed E-state index contributed by atoms with van der Waals surface area (Å²) in [6.45, 7) is 2.20. The molecule has 0 fully saturated rings. The van der Waals surface area contributed by atoms with Crippen molar-refractivity contribution in [1.29, 1.82) is 0 Å². The summed E-state index contributed by atoms with van der Waals surface area (Å²) < 4.78 is 16.4. The van der Waals surface area contributed by atoms with E-state index in [1.807, 2.05) is 18.2 Å². The van der Waals surface area contributed by atoms with Gasteiger partial charge < -0.3 is 4.52 Å². The van der Waals surface area contributed by atoms with Crippen molar-refractivity contribution in [3.8, 4) is 5.75 Å². The van der Waals surface area contributed by atoms with Crippen LogP contribution in [0.3, 0.4) is 0 Å². The Hall–Kier alpha value is -0.170. The molecule has 0 saturated heterocycles. The van der Waals surface area contributed by atoms with E-state index in [1.54, 1.807) is 6.07 Å². The Morgan fingerprint density at radius 3 is 2.44 bits per heavy atom. The second-order valence-electron chi connectivity index (χ2n) is 4.28. The molecular formula is C13H19Cl2O2P.